The summed E-state index contributed by atoms with van der Waals surface area (Å²) in [5, 5.41) is 7.98. The number of aryl methyl sites for hydroxylation is 4. The molecule has 1 aliphatic carbocycles. The molecule has 0 N–H and O–H groups in total. The van der Waals surface area contributed by atoms with Crippen LogP contribution in [0.25, 0.3) is 65.8 Å². The van der Waals surface area contributed by atoms with Crippen LogP contribution in [0.1, 0.15) is 22.3 Å². The summed E-state index contributed by atoms with van der Waals surface area (Å²) in [6, 6.07) is 30.8. The zero-order valence-corrected chi connectivity index (χ0v) is 22.5. The quantitative estimate of drug-likeness (QED) is 0.197. The second kappa shape index (κ2) is 7.40. The van der Waals surface area contributed by atoms with E-state index < -0.39 is 0 Å². The third-order valence-electron chi connectivity index (χ3n) is 8.95. The van der Waals surface area contributed by atoms with Crippen molar-refractivity contribution in [3.05, 3.63) is 112 Å². The lowest BCUT2D eigenvalue weighted by molar-refractivity contribution is 1.02. The van der Waals surface area contributed by atoms with Crippen LogP contribution in [-0.4, -0.2) is 14.0 Å². The van der Waals surface area contributed by atoms with Gasteiger partial charge in [-0.05, 0) is 89.4 Å². The predicted molar refractivity (Wildman–Crippen MR) is 164 cm³/mol. The van der Waals surface area contributed by atoms with Gasteiger partial charge in [0.05, 0.1) is 32.8 Å². The average Bonchev–Trinajstić information content (AvgIpc) is 3.55. The molecule has 3 nitrogen and oxygen atoms in total. The number of imidazole rings is 1. The van der Waals surface area contributed by atoms with Gasteiger partial charge in [-0.2, -0.15) is 0 Å². The summed E-state index contributed by atoms with van der Waals surface area (Å²) in [4.78, 5) is 5.32. The lowest BCUT2D eigenvalue weighted by atomic mass is 9.98. The number of rotatable bonds is 1. The fraction of sp³-hybridized carbons (Fsp3) is 0.114. The van der Waals surface area contributed by atoms with Crippen molar-refractivity contribution in [2.45, 2.75) is 26.7 Å². The molecule has 0 amide bonds. The maximum Gasteiger partial charge on any atom is 0.220 e. The van der Waals surface area contributed by atoms with Crippen LogP contribution in [0.5, 0.6) is 0 Å². The molecule has 0 saturated heterocycles. The minimum absolute atomic E-state index is 0.752. The molecule has 0 atom stereocenters. The minimum Gasteiger partial charge on any atom is -0.277 e. The first-order valence-electron chi connectivity index (χ1n) is 13.6. The molecule has 0 fully saturated rings. The molecule has 8 aromatic rings. The standard InChI is InChI=1S/C35H24ClN3/c1-19-17-27-30(18-20(19)2)38-28-15-13-21-11-12-22-14-16-29(32(28)31(21)22)39(35(38)37-27)34-26-10-6-4-8-24(26)23-7-3-5-9-25(23)33(34)36/h3-10,13-18H,11-12H2,1-2H3. The summed E-state index contributed by atoms with van der Waals surface area (Å²) in [6.07, 6.45) is 2.18. The van der Waals surface area contributed by atoms with Crippen molar-refractivity contribution in [3.63, 3.8) is 0 Å². The van der Waals surface area contributed by atoms with Gasteiger partial charge < -0.3 is 0 Å². The van der Waals surface area contributed by atoms with E-state index in [2.05, 4.69) is 108 Å². The summed E-state index contributed by atoms with van der Waals surface area (Å²) in [5.41, 5.74) is 10.8. The molecule has 2 aromatic heterocycles. The van der Waals surface area contributed by atoms with Crippen LogP contribution in [0.4, 0.5) is 0 Å². The fourth-order valence-electron chi connectivity index (χ4n) is 7.00. The molecule has 186 valence electrons. The molecule has 0 unspecified atom stereocenters. The number of aromatic nitrogens is 3. The predicted octanol–water partition coefficient (Wildman–Crippen LogP) is 9.26. The van der Waals surface area contributed by atoms with Gasteiger partial charge in [-0.25, -0.2) is 4.98 Å². The lowest BCUT2D eigenvalue weighted by Gasteiger charge is -2.21. The fourth-order valence-corrected chi connectivity index (χ4v) is 7.35. The lowest BCUT2D eigenvalue weighted by Crippen LogP contribution is -2.07. The van der Waals surface area contributed by atoms with E-state index in [9.17, 15) is 0 Å². The SMILES string of the molecule is Cc1cc2nc3n(-c4c(Cl)c5ccccc5c5ccccc45)c4ccc5c6c(ccc(c64)n3c2cc1C)CC5. The van der Waals surface area contributed by atoms with Gasteiger partial charge >= 0.3 is 0 Å². The molecular weight excluding hydrogens is 498 g/mol. The monoisotopic (exact) mass is 521 g/mol. The van der Waals surface area contributed by atoms with E-state index in [1.54, 1.807) is 0 Å². The van der Waals surface area contributed by atoms with Gasteiger partial charge in [0.15, 0.2) is 0 Å². The summed E-state index contributed by atoms with van der Waals surface area (Å²) in [5.74, 6) is 0.880. The molecule has 39 heavy (non-hydrogen) atoms. The van der Waals surface area contributed by atoms with Gasteiger partial charge in [-0.15, -0.1) is 0 Å². The smallest absolute Gasteiger partial charge is 0.220 e. The van der Waals surface area contributed by atoms with E-state index in [1.807, 2.05) is 0 Å². The van der Waals surface area contributed by atoms with Crippen LogP contribution in [0.3, 0.4) is 0 Å². The van der Waals surface area contributed by atoms with E-state index >= 15 is 0 Å². The van der Waals surface area contributed by atoms with Crippen molar-refractivity contribution in [2.75, 3.05) is 0 Å². The van der Waals surface area contributed by atoms with Crippen LogP contribution >= 0.6 is 11.6 Å². The molecule has 6 aromatic carbocycles. The Morgan fingerprint density at radius 1 is 0.641 bits per heavy atom. The highest BCUT2D eigenvalue weighted by Gasteiger charge is 2.25. The minimum atomic E-state index is 0.752. The second-order valence-electron chi connectivity index (χ2n) is 11.0. The normalized spacial score (nSPS) is 13.3. The Bertz CT molecular complexity index is 2360. The summed E-state index contributed by atoms with van der Waals surface area (Å²) in [7, 11) is 0. The van der Waals surface area contributed by atoms with Crippen molar-refractivity contribution in [2.24, 2.45) is 0 Å². The molecule has 1 aliphatic rings. The first kappa shape index (κ1) is 21.6. The van der Waals surface area contributed by atoms with Crippen LogP contribution in [0, 0.1) is 13.8 Å². The number of halogens is 1. The molecule has 2 heterocycles. The largest absolute Gasteiger partial charge is 0.277 e. The average molecular weight is 522 g/mol. The van der Waals surface area contributed by atoms with Crippen LogP contribution in [-0.2, 0) is 12.8 Å². The van der Waals surface area contributed by atoms with Crippen molar-refractivity contribution in [3.8, 4) is 5.69 Å². The maximum absolute atomic E-state index is 7.43. The van der Waals surface area contributed by atoms with Crippen LogP contribution in [0.2, 0.25) is 5.02 Å². The Hall–Kier alpha value is -4.34. The van der Waals surface area contributed by atoms with Crippen LogP contribution < -0.4 is 0 Å². The number of hydrogen-bond acceptors (Lipinski definition) is 1. The summed E-state index contributed by atoms with van der Waals surface area (Å²) >= 11 is 7.43. The zero-order valence-electron chi connectivity index (χ0n) is 21.7. The van der Waals surface area contributed by atoms with E-state index in [0.29, 0.717) is 0 Å². The van der Waals surface area contributed by atoms with Gasteiger partial charge in [-0.1, -0.05) is 72.3 Å². The Morgan fingerprint density at radius 3 is 2.00 bits per heavy atom. The highest BCUT2D eigenvalue weighted by atomic mass is 35.5. The summed E-state index contributed by atoms with van der Waals surface area (Å²) < 4.78 is 4.69. The second-order valence-corrected chi connectivity index (χ2v) is 11.4. The van der Waals surface area contributed by atoms with Crippen molar-refractivity contribution < 1.29 is 0 Å². The molecular formula is C35H24ClN3. The number of hydrogen-bond donors (Lipinski definition) is 0. The van der Waals surface area contributed by atoms with E-state index in [0.717, 1.165) is 56.7 Å². The third-order valence-corrected chi connectivity index (χ3v) is 9.34. The first-order valence-corrected chi connectivity index (χ1v) is 13.9. The van der Waals surface area contributed by atoms with E-state index in [-0.39, 0.29) is 0 Å². The zero-order chi connectivity index (χ0) is 26.0. The molecule has 0 saturated carbocycles. The molecule has 4 heteroatoms. The molecule has 0 spiro atoms. The van der Waals surface area contributed by atoms with Gasteiger partial charge in [0.25, 0.3) is 0 Å². The van der Waals surface area contributed by atoms with Gasteiger partial charge in [0, 0.05) is 16.2 Å². The van der Waals surface area contributed by atoms with Crippen LogP contribution in [0.15, 0.2) is 84.9 Å². The van der Waals surface area contributed by atoms with E-state index in [1.165, 1.54) is 49.3 Å². The Morgan fingerprint density at radius 2 is 1.26 bits per heavy atom. The van der Waals surface area contributed by atoms with E-state index in [4.69, 9.17) is 16.6 Å². The Labute approximate surface area is 229 Å². The maximum atomic E-state index is 7.43. The van der Waals surface area contributed by atoms with Gasteiger partial charge in [0.2, 0.25) is 5.78 Å². The molecule has 0 aliphatic heterocycles. The van der Waals surface area contributed by atoms with Crippen molar-refractivity contribution >= 4 is 71.8 Å². The molecule has 0 radical (unpaired) electrons. The molecule has 9 rings (SSSR count). The highest BCUT2D eigenvalue weighted by molar-refractivity contribution is 6.40. The summed E-state index contributed by atoms with van der Waals surface area (Å²) in [6.45, 7) is 4.34. The Balaban J connectivity index is 1.62. The number of nitrogens with zero attached hydrogens (tertiary/aromatic N) is 3. The third kappa shape index (κ3) is 2.66. The number of fused-ring (bicyclic) bond motifs is 7. The van der Waals surface area contributed by atoms with Crippen molar-refractivity contribution in [1.29, 1.82) is 0 Å². The Kier molecular flexibility index (Phi) is 4.09. The van der Waals surface area contributed by atoms with Gasteiger partial charge in [-0.3, -0.25) is 8.97 Å². The molecule has 0 bridgehead atoms. The van der Waals surface area contributed by atoms with Gasteiger partial charge in [0.1, 0.15) is 0 Å². The topological polar surface area (TPSA) is 22.2 Å². The number of benzene rings is 6. The first-order chi connectivity index (χ1) is 19.1. The van der Waals surface area contributed by atoms with Crippen molar-refractivity contribution in [1.82, 2.24) is 14.0 Å². The highest BCUT2D eigenvalue weighted by Crippen LogP contribution is 2.44.